The fourth-order valence-corrected chi connectivity index (χ4v) is 8.20. The number of benzene rings is 2. The highest BCUT2D eigenvalue weighted by Gasteiger charge is 2.60. The van der Waals surface area contributed by atoms with Gasteiger partial charge in [-0.3, -0.25) is 9.59 Å². The van der Waals surface area contributed by atoms with Crippen molar-refractivity contribution in [3.8, 4) is 0 Å². The molecule has 3 fully saturated rings. The number of halogens is 3. The molecule has 2 amide bonds. The summed E-state index contributed by atoms with van der Waals surface area (Å²) in [5.41, 5.74) is -1.24. The minimum Gasteiger partial charge on any atom is -0.387 e. The zero-order chi connectivity index (χ0) is 27.2. The van der Waals surface area contributed by atoms with Gasteiger partial charge < -0.3 is 15.7 Å². The molecule has 200 valence electrons. The summed E-state index contributed by atoms with van der Waals surface area (Å²) in [6.45, 7) is -0.00604. The van der Waals surface area contributed by atoms with E-state index in [-0.39, 0.29) is 57.4 Å². The maximum atomic E-state index is 13.6. The van der Waals surface area contributed by atoms with Crippen molar-refractivity contribution in [1.29, 1.82) is 0 Å². The molecule has 3 N–H and O–H groups in total. The number of rotatable bonds is 7. The summed E-state index contributed by atoms with van der Waals surface area (Å²) in [6, 6.07) is 6.64. The van der Waals surface area contributed by atoms with Gasteiger partial charge in [0.2, 0.25) is 0 Å². The van der Waals surface area contributed by atoms with E-state index >= 15 is 0 Å². The number of nitrogens with one attached hydrogen (secondary N) is 2. The summed E-state index contributed by atoms with van der Waals surface area (Å²) >= 11 is 7.42. The van der Waals surface area contributed by atoms with Crippen LogP contribution in [-0.2, 0) is 9.84 Å². The average molecular weight is 582 g/mol. The van der Waals surface area contributed by atoms with Gasteiger partial charge in [-0.25, -0.2) is 22.2 Å². The molecule has 1 heterocycles. The van der Waals surface area contributed by atoms with Crippen molar-refractivity contribution < 1.29 is 31.9 Å². The molecule has 2 bridgehead atoms. The number of aromatic nitrogens is 1. The van der Waals surface area contributed by atoms with Crippen molar-refractivity contribution in [2.75, 3.05) is 11.9 Å². The highest BCUT2D eigenvalue weighted by atomic mass is 35.5. The molecule has 2 unspecified atom stereocenters. The first-order valence-electron chi connectivity index (χ1n) is 11.7. The Balaban J connectivity index is 1.29. The van der Waals surface area contributed by atoms with Crippen LogP contribution in [0.3, 0.4) is 0 Å². The van der Waals surface area contributed by atoms with Gasteiger partial charge in [0.15, 0.2) is 26.5 Å². The van der Waals surface area contributed by atoms with E-state index in [0.717, 1.165) is 18.2 Å². The molecule has 3 aliphatic carbocycles. The number of hydrogen-bond acceptors (Lipinski definition) is 7. The predicted molar refractivity (Wildman–Crippen MR) is 137 cm³/mol. The second-order valence-electron chi connectivity index (χ2n) is 9.51. The van der Waals surface area contributed by atoms with Crippen molar-refractivity contribution >= 4 is 50.3 Å². The van der Waals surface area contributed by atoms with Crippen LogP contribution in [0.4, 0.5) is 14.5 Å². The number of carbonyl (C=O) groups is 2. The molecule has 1 aromatic heterocycles. The molecule has 38 heavy (non-hydrogen) atoms. The molecule has 2 aromatic carbocycles. The van der Waals surface area contributed by atoms with Gasteiger partial charge >= 0.3 is 0 Å². The third kappa shape index (κ3) is 4.81. The molecule has 6 rings (SSSR count). The quantitative estimate of drug-likeness (QED) is 0.386. The van der Waals surface area contributed by atoms with Gasteiger partial charge in [-0.05, 0) is 61.4 Å². The summed E-state index contributed by atoms with van der Waals surface area (Å²) in [6.07, 6.45) is 2.49. The van der Waals surface area contributed by atoms with Crippen LogP contribution >= 0.6 is 22.9 Å². The molecule has 13 heteroatoms. The molecular formula is C25H22ClF2N3O5S2. The smallest absolute Gasteiger partial charge is 0.280 e. The maximum Gasteiger partial charge on any atom is 0.280 e. The lowest BCUT2D eigenvalue weighted by Gasteiger charge is -2.58. The van der Waals surface area contributed by atoms with Crippen LogP contribution in [0.1, 0.15) is 39.4 Å². The van der Waals surface area contributed by atoms with Gasteiger partial charge in [0.25, 0.3) is 11.8 Å². The molecule has 2 atom stereocenters. The van der Waals surface area contributed by atoms with E-state index in [9.17, 15) is 31.9 Å². The molecule has 0 saturated heterocycles. The highest BCUT2D eigenvalue weighted by molar-refractivity contribution is 7.92. The lowest BCUT2D eigenvalue weighted by atomic mass is 9.53. The van der Waals surface area contributed by atoms with E-state index in [2.05, 4.69) is 15.6 Å². The fraction of sp³-hybridized carbons (Fsp3) is 0.320. The van der Waals surface area contributed by atoms with Crippen molar-refractivity contribution in [2.45, 2.75) is 35.0 Å². The molecule has 0 aliphatic heterocycles. The Hall–Kier alpha value is -2.93. The average Bonchev–Trinajstić information content (AvgIpc) is 3.44. The Morgan fingerprint density at radius 3 is 2.47 bits per heavy atom. The van der Waals surface area contributed by atoms with Crippen molar-refractivity contribution in [3.05, 3.63) is 75.2 Å². The number of amides is 2. The molecule has 8 nitrogen and oxygen atoms in total. The molecule has 3 aromatic rings. The number of carbonyl (C=O) groups excluding carboxylic acids is 2. The molecule has 0 spiro atoms. The van der Waals surface area contributed by atoms with E-state index < -0.39 is 44.1 Å². The van der Waals surface area contributed by atoms with Crippen LogP contribution in [0.2, 0.25) is 5.02 Å². The maximum absolute atomic E-state index is 13.6. The van der Waals surface area contributed by atoms with Crippen LogP contribution in [-0.4, -0.2) is 47.7 Å². The number of hydrogen-bond donors (Lipinski definition) is 3. The van der Waals surface area contributed by atoms with E-state index in [0.29, 0.717) is 6.42 Å². The Morgan fingerprint density at radius 1 is 1.08 bits per heavy atom. The van der Waals surface area contributed by atoms with Crippen LogP contribution in [0.5, 0.6) is 0 Å². The molecular weight excluding hydrogens is 560 g/mol. The Labute approximate surface area is 226 Å². The number of sulfone groups is 1. The standard InChI is InChI=1S/C25H22ClF2N3O5S2/c26-18-3-1-13(22(32)31-16-2-4-19(27)20(28)11-16)7-21(18)38(35,36)17-9-14-8-15(10-17)25(14,34)12-30-23(33)24-29-5-6-37-24/h1-7,11,14-15,17,34H,8-10,12H2,(H,30,33)(H,31,32). The monoisotopic (exact) mass is 581 g/mol. The lowest BCUT2D eigenvalue weighted by molar-refractivity contribution is -0.171. The van der Waals surface area contributed by atoms with E-state index in [1.54, 1.807) is 5.38 Å². The Bertz CT molecular complexity index is 1510. The number of nitrogens with zero attached hydrogens (tertiary/aromatic N) is 1. The second kappa shape index (κ2) is 9.99. The van der Waals surface area contributed by atoms with Gasteiger partial charge in [0.1, 0.15) is 0 Å². The number of aliphatic hydroxyl groups is 1. The van der Waals surface area contributed by atoms with Crippen LogP contribution in [0, 0.1) is 23.5 Å². The first kappa shape index (κ1) is 26.7. The van der Waals surface area contributed by atoms with Gasteiger partial charge in [-0.1, -0.05) is 11.6 Å². The van der Waals surface area contributed by atoms with Crippen LogP contribution < -0.4 is 10.6 Å². The van der Waals surface area contributed by atoms with Crippen molar-refractivity contribution in [2.24, 2.45) is 11.8 Å². The summed E-state index contributed by atoms with van der Waals surface area (Å²) in [5, 5.41) is 17.3. The summed E-state index contributed by atoms with van der Waals surface area (Å²) in [7, 11) is -3.98. The zero-order valence-electron chi connectivity index (χ0n) is 19.7. The highest BCUT2D eigenvalue weighted by Crippen LogP contribution is 2.55. The second-order valence-corrected chi connectivity index (χ2v) is 13.0. The molecule has 3 aliphatic rings. The SMILES string of the molecule is O=C(Nc1ccc(F)c(F)c1)c1ccc(Cl)c(S(=O)(=O)C2CC3CC(C2)C3(O)CNC(=O)c2nccs2)c1. The van der Waals surface area contributed by atoms with Crippen LogP contribution in [0.15, 0.2) is 52.9 Å². The zero-order valence-corrected chi connectivity index (χ0v) is 22.0. The van der Waals surface area contributed by atoms with Gasteiger partial charge in [0, 0.05) is 35.4 Å². The van der Waals surface area contributed by atoms with Crippen molar-refractivity contribution in [1.82, 2.24) is 10.3 Å². The summed E-state index contributed by atoms with van der Waals surface area (Å²) in [5.74, 6) is -4.00. The first-order valence-corrected chi connectivity index (χ1v) is 14.5. The van der Waals surface area contributed by atoms with Crippen molar-refractivity contribution in [3.63, 3.8) is 0 Å². The fourth-order valence-electron chi connectivity index (χ4n) is 5.25. The number of fused-ring (bicyclic) bond motifs is 2. The first-order chi connectivity index (χ1) is 18.0. The third-order valence-corrected chi connectivity index (χ3v) is 10.8. The van der Waals surface area contributed by atoms with Crippen LogP contribution in [0.25, 0.3) is 0 Å². The molecule has 3 saturated carbocycles. The van der Waals surface area contributed by atoms with Gasteiger partial charge in [0.05, 0.1) is 20.8 Å². The lowest BCUT2D eigenvalue weighted by Crippen LogP contribution is -2.66. The Morgan fingerprint density at radius 2 is 1.82 bits per heavy atom. The Kier molecular flexibility index (Phi) is 7.01. The number of thiazole rings is 1. The minimum atomic E-state index is -3.98. The number of anilines is 1. The van der Waals surface area contributed by atoms with Gasteiger partial charge in [-0.2, -0.15) is 0 Å². The third-order valence-electron chi connectivity index (χ3n) is 7.35. The predicted octanol–water partition coefficient (Wildman–Crippen LogP) is 4.06. The minimum absolute atomic E-state index is 0.00172. The largest absolute Gasteiger partial charge is 0.387 e. The summed E-state index contributed by atoms with van der Waals surface area (Å²) in [4.78, 5) is 28.7. The van der Waals surface area contributed by atoms with E-state index in [1.165, 1.54) is 35.7 Å². The van der Waals surface area contributed by atoms with E-state index in [4.69, 9.17) is 11.6 Å². The normalized spacial score (nSPS) is 24.4. The topological polar surface area (TPSA) is 125 Å². The molecule has 0 radical (unpaired) electrons. The van der Waals surface area contributed by atoms with Gasteiger partial charge in [-0.15, -0.1) is 11.3 Å². The summed E-state index contributed by atoms with van der Waals surface area (Å²) < 4.78 is 53.8. The van der Waals surface area contributed by atoms with E-state index in [1.807, 2.05) is 0 Å².